The molecule has 0 aliphatic carbocycles. The Morgan fingerprint density at radius 3 is 2.36 bits per heavy atom. The lowest BCUT2D eigenvalue weighted by atomic mass is 10.2. The number of anilines is 2. The first-order valence-electron chi connectivity index (χ1n) is 7.81. The lowest BCUT2D eigenvalue weighted by Crippen LogP contribution is -2.16. The number of amides is 2. The zero-order valence-corrected chi connectivity index (χ0v) is 14.8. The van der Waals surface area contributed by atoms with Crippen LogP contribution in [-0.2, 0) is 17.4 Å². The van der Waals surface area contributed by atoms with Gasteiger partial charge >= 0.3 is 6.18 Å². The van der Waals surface area contributed by atoms with Gasteiger partial charge in [-0.05, 0) is 30.3 Å². The van der Waals surface area contributed by atoms with Crippen LogP contribution >= 0.6 is 11.3 Å². The second-order valence-corrected chi connectivity index (χ2v) is 6.33. The lowest BCUT2D eigenvalue weighted by Gasteiger charge is -2.08. The molecule has 1 aromatic carbocycles. The predicted molar refractivity (Wildman–Crippen MR) is 95.9 cm³/mol. The minimum atomic E-state index is -4.44. The van der Waals surface area contributed by atoms with E-state index in [4.69, 9.17) is 0 Å². The monoisotopic (exact) mass is 407 g/mol. The summed E-state index contributed by atoms with van der Waals surface area (Å²) in [6.45, 7) is 0. The van der Waals surface area contributed by atoms with Gasteiger partial charge in [0.2, 0.25) is 11.7 Å². The summed E-state index contributed by atoms with van der Waals surface area (Å²) in [5.74, 6) is -0.996. The summed E-state index contributed by atoms with van der Waals surface area (Å²) < 4.78 is 37.6. The van der Waals surface area contributed by atoms with Crippen molar-refractivity contribution in [2.24, 2.45) is 0 Å². The van der Waals surface area contributed by atoms with Crippen LogP contribution in [0.3, 0.4) is 0 Å². The second kappa shape index (κ2) is 8.13. The van der Waals surface area contributed by atoms with Crippen LogP contribution in [0.4, 0.5) is 24.0 Å². The number of nitrogens with one attached hydrogen (secondary N) is 2. The first-order chi connectivity index (χ1) is 13.3. The van der Waals surface area contributed by atoms with Gasteiger partial charge in [0.15, 0.2) is 5.13 Å². The minimum Gasteiger partial charge on any atom is -0.326 e. The Labute approximate surface area is 160 Å². The van der Waals surface area contributed by atoms with Crippen molar-refractivity contribution in [3.63, 3.8) is 0 Å². The third-order valence-electron chi connectivity index (χ3n) is 3.38. The zero-order valence-electron chi connectivity index (χ0n) is 14.0. The van der Waals surface area contributed by atoms with Crippen LogP contribution in [0.1, 0.15) is 21.9 Å². The molecule has 2 heterocycles. The number of alkyl halides is 3. The Morgan fingerprint density at radius 1 is 1.04 bits per heavy atom. The maximum atomic E-state index is 12.5. The Morgan fingerprint density at radius 2 is 1.71 bits per heavy atom. The number of aromatic nitrogens is 3. The van der Waals surface area contributed by atoms with Crippen molar-refractivity contribution < 1.29 is 22.8 Å². The number of carbonyl (C=O) groups is 2. The molecule has 2 amide bonds. The molecule has 2 aromatic heterocycles. The van der Waals surface area contributed by atoms with E-state index in [1.54, 1.807) is 11.4 Å². The van der Waals surface area contributed by atoms with Gasteiger partial charge in [0.25, 0.3) is 5.91 Å². The van der Waals surface area contributed by atoms with Crippen LogP contribution in [0.25, 0.3) is 0 Å². The first-order valence-corrected chi connectivity index (χ1v) is 8.69. The van der Waals surface area contributed by atoms with E-state index in [2.05, 4.69) is 25.6 Å². The van der Waals surface area contributed by atoms with Crippen molar-refractivity contribution in [1.29, 1.82) is 0 Å². The predicted octanol–water partition coefficient (Wildman–Crippen LogP) is 3.39. The summed E-state index contributed by atoms with van der Waals surface area (Å²) >= 11 is 1.12. The van der Waals surface area contributed by atoms with E-state index in [9.17, 15) is 22.8 Å². The molecule has 0 spiro atoms. The highest BCUT2D eigenvalue weighted by atomic mass is 32.1. The van der Waals surface area contributed by atoms with Crippen LogP contribution in [0.15, 0.2) is 48.1 Å². The van der Waals surface area contributed by atoms with Gasteiger partial charge in [0.05, 0.1) is 17.7 Å². The molecule has 0 radical (unpaired) electrons. The highest BCUT2D eigenvalue weighted by Crippen LogP contribution is 2.29. The molecule has 28 heavy (non-hydrogen) atoms. The third kappa shape index (κ3) is 5.10. The number of rotatable bonds is 5. The summed E-state index contributed by atoms with van der Waals surface area (Å²) in [5.41, 5.74) is -0.158. The zero-order chi connectivity index (χ0) is 20.1. The van der Waals surface area contributed by atoms with Crippen molar-refractivity contribution in [2.75, 3.05) is 10.6 Å². The third-order valence-corrected chi connectivity index (χ3v) is 4.19. The molecule has 2 N–H and O–H groups in total. The summed E-state index contributed by atoms with van der Waals surface area (Å²) in [6, 6.07) is 5.70. The second-order valence-electron chi connectivity index (χ2n) is 5.47. The SMILES string of the molecule is O=C(Cc1csc(NC(=O)c2ncccn2)n1)Nc1ccc(C(F)(F)F)cc1. The Bertz CT molecular complexity index is 974. The Hall–Kier alpha value is -3.34. The van der Waals surface area contributed by atoms with E-state index < -0.39 is 23.6 Å². The number of halogens is 3. The van der Waals surface area contributed by atoms with Crippen LogP contribution < -0.4 is 10.6 Å². The molecule has 0 aliphatic rings. The maximum Gasteiger partial charge on any atom is 0.416 e. The average molecular weight is 407 g/mol. The van der Waals surface area contributed by atoms with Gasteiger partial charge in [-0.3, -0.25) is 14.9 Å². The molecule has 0 aliphatic heterocycles. The molecule has 3 aromatic rings. The molecule has 0 atom stereocenters. The van der Waals surface area contributed by atoms with Crippen LogP contribution in [-0.4, -0.2) is 26.8 Å². The quantitative estimate of drug-likeness (QED) is 0.676. The molecule has 0 unspecified atom stereocenters. The molecule has 0 bridgehead atoms. The number of hydrogen-bond donors (Lipinski definition) is 2. The molecule has 144 valence electrons. The van der Waals surface area contributed by atoms with Gasteiger partial charge in [-0.15, -0.1) is 11.3 Å². The van der Waals surface area contributed by atoms with Crippen molar-refractivity contribution in [2.45, 2.75) is 12.6 Å². The van der Waals surface area contributed by atoms with Crippen molar-refractivity contribution in [3.05, 3.63) is 65.2 Å². The summed E-state index contributed by atoms with van der Waals surface area (Å²) in [6.07, 6.45) is -1.68. The normalized spacial score (nSPS) is 11.1. The molecular formula is C17H12F3N5O2S. The Kier molecular flexibility index (Phi) is 5.64. The molecule has 7 nitrogen and oxygen atoms in total. The van der Waals surface area contributed by atoms with Crippen molar-refractivity contribution in [3.8, 4) is 0 Å². The summed E-state index contributed by atoms with van der Waals surface area (Å²) in [7, 11) is 0. The fraction of sp³-hybridized carbons (Fsp3) is 0.118. The average Bonchev–Trinajstić information content (AvgIpc) is 3.08. The number of hydrogen-bond acceptors (Lipinski definition) is 6. The molecule has 0 saturated carbocycles. The maximum absolute atomic E-state index is 12.5. The van der Waals surface area contributed by atoms with E-state index in [1.807, 2.05) is 0 Å². The molecule has 0 saturated heterocycles. The minimum absolute atomic E-state index is 0.0145. The fourth-order valence-electron chi connectivity index (χ4n) is 2.13. The van der Waals surface area contributed by atoms with Crippen LogP contribution in [0.5, 0.6) is 0 Å². The molecular weight excluding hydrogens is 395 g/mol. The van der Waals surface area contributed by atoms with Gasteiger partial charge in [-0.1, -0.05) is 0 Å². The standard InChI is InChI=1S/C17H12F3N5O2S/c18-17(19,20)10-2-4-11(5-3-10)23-13(26)8-12-9-28-16(24-12)25-15(27)14-21-6-1-7-22-14/h1-7,9H,8H2,(H,23,26)(H,24,25,27). The first kappa shape index (κ1) is 19.4. The molecule has 11 heteroatoms. The number of benzene rings is 1. The highest BCUT2D eigenvalue weighted by molar-refractivity contribution is 7.14. The topological polar surface area (TPSA) is 96.9 Å². The Balaban J connectivity index is 1.56. The highest BCUT2D eigenvalue weighted by Gasteiger charge is 2.30. The van der Waals surface area contributed by atoms with Gasteiger partial charge in [0.1, 0.15) is 0 Å². The fourth-order valence-corrected chi connectivity index (χ4v) is 2.83. The van der Waals surface area contributed by atoms with E-state index in [-0.39, 0.29) is 23.1 Å². The van der Waals surface area contributed by atoms with Gasteiger partial charge < -0.3 is 5.32 Å². The smallest absolute Gasteiger partial charge is 0.326 e. The van der Waals surface area contributed by atoms with E-state index >= 15 is 0 Å². The lowest BCUT2D eigenvalue weighted by molar-refractivity contribution is -0.137. The van der Waals surface area contributed by atoms with E-state index in [0.717, 1.165) is 23.5 Å². The van der Waals surface area contributed by atoms with E-state index in [1.165, 1.54) is 24.5 Å². The van der Waals surface area contributed by atoms with Crippen LogP contribution in [0.2, 0.25) is 0 Å². The summed E-state index contributed by atoms with van der Waals surface area (Å²) in [4.78, 5) is 35.8. The van der Waals surface area contributed by atoms with Crippen molar-refractivity contribution >= 4 is 34.0 Å². The van der Waals surface area contributed by atoms with Crippen LogP contribution in [0, 0.1) is 0 Å². The van der Waals surface area contributed by atoms with Gasteiger partial charge in [-0.2, -0.15) is 13.2 Å². The molecule has 0 fully saturated rings. The number of carbonyl (C=O) groups excluding carboxylic acids is 2. The number of thiazole rings is 1. The summed E-state index contributed by atoms with van der Waals surface area (Å²) in [5, 5.41) is 6.89. The molecule has 3 rings (SSSR count). The van der Waals surface area contributed by atoms with Gasteiger partial charge in [0, 0.05) is 23.5 Å². The van der Waals surface area contributed by atoms with Crippen molar-refractivity contribution in [1.82, 2.24) is 15.0 Å². The van der Waals surface area contributed by atoms with Gasteiger partial charge in [-0.25, -0.2) is 15.0 Å². The largest absolute Gasteiger partial charge is 0.416 e. The van der Waals surface area contributed by atoms with E-state index in [0.29, 0.717) is 5.69 Å². The number of nitrogens with zero attached hydrogens (tertiary/aromatic N) is 3.